The number of ether oxygens (including phenoxy) is 1. The topological polar surface area (TPSA) is 75.9 Å². The molecule has 1 N–H and O–H groups in total. The number of carbonyl (C=O) groups is 2. The molecule has 0 bridgehead atoms. The van der Waals surface area contributed by atoms with Crippen molar-refractivity contribution in [3.8, 4) is 17.0 Å². The number of nitrogens with one attached hydrogen (secondary N) is 1. The lowest BCUT2D eigenvalue weighted by atomic mass is 9.92. The molecule has 7 nitrogen and oxygen atoms in total. The van der Waals surface area contributed by atoms with Crippen LogP contribution < -0.4 is 10.1 Å². The van der Waals surface area contributed by atoms with E-state index in [-0.39, 0.29) is 0 Å². The molecule has 7 heteroatoms. The molecule has 170 valence electrons. The molecular weight excluding hydrogens is 428 g/mol. The number of methoxy groups -OCH3 is 1. The number of hydrazone groups is 1. The average Bonchev–Trinajstić information content (AvgIpc) is 3.28. The number of aryl methyl sites for hydroxylation is 1. The number of nitrogens with zero attached hydrogens (tertiary/aromatic N) is 3. The molecule has 2 heterocycles. The van der Waals surface area contributed by atoms with E-state index in [1.807, 2.05) is 61.6 Å². The molecular formula is C27H24N4O3. The van der Waals surface area contributed by atoms with Crippen LogP contribution in [0.2, 0.25) is 0 Å². The molecule has 1 aliphatic rings. The number of carbonyl (C=O) groups excluding carboxylic acids is 2. The van der Waals surface area contributed by atoms with Gasteiger partial charge in [0.05, 0.1) is 19.0 Å². The van der Waals surface area contributed by atoms with Crippen LogP contribution in [0.15, 0.2) is 84.0 Å². The summed E-state index contributed by atoms with van der Waals surface area (Å²) in [6.45, 7) is 1.68. The summed E-state index contributed by atoms with van der Waals surface area (Å²) >= 11 is 0. The van der Waals surface area contributed by atoms with E-state index in [0.717, 1.165) is 32.7 Å². The lowest BCUT2D eigenvalue weighted by molar-refractivity contribution is -0.131. The van der Waals surface area contributed by atoms with Gasteiger partial charge in [-0.05, 0) is 36.2 Å². The minimum atomic E-state index is -1.22. The third-order valence-corrected chi connectivity index (χ3v) is 6.33. The number of rotatable bonds is 5. The summed E-state index contributed by atoms with van der Waals surface area (Å²) < 4.78 is 7.29. The number of urea groups is 1. The average molecular weight is 453 g/mol. The number of benzene rings is 3. The molecule has 1 aromatic heterocycles. The van der Waals surface area contributed by atoms with E-state index in [1.54, 1.807) is 44.5 Å². The van der Waals surface area contributed by atoms with E-state index in [1.165, 1.54) is 0 Å². The zero-order valence-corrected chi connectivity index (χ0v) is 19.1. The maximum absolute atomic E-state index is 13.3. The first-order valence-electron chi connectivity index (χ1n) is 10.9. The zero-order valence-electron chi connectivity index (χ0n) is 19.1. The van der Waals surface area contributed by atoms with Crippen LogP contribution in [0.4, 0.5) is 4.79 Å². The minimum Gasteiger partial charge on any atom is -0.497 e. The van der Waals surface area contributed by atoms with E-state index in [2.05, 4.69) is 15.0 Å². The highest BCUT2D eigenvalue weighted by Gasteiger charge is 2.49. The lowest BCUT2D eigenvalue weighted by Crippen LogP contribution is -2.40. The van der Waals surface area contributed by atoms with Crippen LogP contribution in [0.25, 0.3) is 22.2 Å². The highest BCUT2D eigenvalue weighted by atomic mass is 16.5. The molecule has 1 aliphatic heterocycles. The highest BCUT2D eigenvalue weighted by Crippen LogP contribution is 2.33. The maximum Gasteiger partial charge on any atom is 0.346 e. The Kier molecular flexibility index (Phi) is 5.17. The van der Waals surface area contributed by atoms with Gasteiger partial charge in [0.15, 0.2) is 0 Å². The fourth-order valence-electron chi connectivity index (χ4n) is 4.46. The summed E-state index contributed by atoms with van der Waals surface area (Å²) in [5.41, 5.74) is 3.27. The molecule has 0 unspecified atom stereocenters. The standard InChI is InChI=1S/C27H24N4O3/c1-27(19-13-15-20(34-3)16-14-19)25(32)31(26(33)29-27)28-17-22-21-11-7-8-12-23(21)30(2)24(22)18-9-5-4-6-10-18/h4-17H,1-3H3,(H,29,33)/b28-17-/t27-/m1/s1. The normalized spacial score (nSPS) is 18.1. The summed E-state index contributed by atoms with van der Waals surface area (Å²) in [6, 6.07) is 24.4. The van der Waals surface area contributed by atoms with Crippen LogP contribution in [-0.2, 0) is 17.4 Å². The van der Waals surface area contributed by atoms with Crippen LogP contribution in [-0.4, -0.2) is 34.8 Å². The summed E-state index contributed by atoms with van der Waals surface area (Å²) in [5.74, 6) is 0.226. The molecule has 1 saturated heterocycles. The van der Waals surface area contributed by atoms with Crippen molar-refractivity contribution in [2.75, 3.05) is 7.11 Å². The number of hydrogen-bond donors (Lipinski definition) is 1. The van der Waals surface area contributed by atoms with Crippen molar-refractivity contribution in [1.29, 1.82) is 0 Å². The van der Waals surface area contributed by atoms with E-state index < -0.39 is 17.5 Å². The van der Waals surface area contributed by atoms with Crippen molar-refractivity contribution in [3.05, 3.63) is 90.0 Å². The molecule has 3 aromatic carbocycles. The fourth-order valence-corrected chi connectivity index (χ4v) is 4.46. The number of hydrogen-bond acceptors (Lipinski definition) is 4. The largest absolute Gasteiger partial charge is 0.497 e. The Morgan fingerprint density at radius 2 is 1.62 bits per heavy atom. The highest BCUT2D eigenvalue weighted by molar-refractivity contribution is 6.10. The van der Waals surface area contributed by atoms with Gasteiger partial charge in [0.1, 0.15) is 11.3 Å². The van der Waals surface area contributed by atoms with Crippen molar-refractivity contribution in [2.45, 2.75) is 12.5 Å². The smallest absolute Gasteiger partial charge is 0.346 e. The van der Waals surface area contributed by atoms with Crippen LogP contribution >= 0.6 is 0 Å². The Labute approximate surface area is 197 Å². The molecule has 0 spiro atoms. The third-order valence-electron chi connectivity index (χ3n) is 6.33. The van der Waals surface area contributed by atoms with Gasteiger partial charge in [-0.1, -0.05) is 60.7 Å². The Bertz CT molecular complexity index is 1420. The second kappa shape index (κ2) is 8.19. The third kappa shape index (κ3) is 3.33. The molecule has 0 aliphatic carbocycles. The first-order chi connectivity index (χ1) is 16.4. The van der Waals surface area contributed by atoms with E-state index in [4.69, 9.17) is 4.74 Å². The van der Waals surface area contributed by atoms with Crippen molar-refractivity contribution < 1.29 is 14.3 Å². The molecule has 3 amide bonds. The summed E-state index contributed by atoms with van der Waals surface area (Å²) in [4.78, 5) is 26.1. The molecule has 5 rings (SSSR count). The van der Waals surface area contributed by atoms with Crippen molar-refractivity contribution in [2.24, 2.45) is 12.1 Å². The van der Waals surface area contributed by atoms with Gasteiger partial charge >= 0.3 is 6.03 Å². The number of para-hydroxylation sites is 1. The van der Waals surface area contributed by atoms with E-state index >= 15 is 0 Å². The minimum absolute atomic E-state index is 0.444. The van der Waals surface area contributed by atoms with Gasteiger partial charge in [0, 0.05) is 23.5 Å². The second-order valence-electron chi connectivity index (χ2n) is 8.35. The number of aromatic nitrogens is 1. The van der Waals surface area contributed by atoms with Crippen LogP contribution in [0.3, 0.4) is 0 Å². The first-order valence-corrected chi connectivity index (χ1v) is 10.9. The van der Waals surface area contributed by atoms with E-state index in [9.17, 15) is 9.59 Å². The van der Waals surface area contributed by atoms with Gasteiger partial charge in [-0.15, -0.1) is 5.01 Å². The molecule has 1 atom stereocenters. The van der Waals surface area contributed by atoms with Gasteiger partial charge in [-0.2, -0.15) is 5.10 Å². The van der Waals surface area contributed by atoms with Gasteiger partial charge < -0.3 is 14.6 Å². The van der Waals surface area contributed by atoms with Crippen molar-refractivity contribution in [1.82, 2.24) is 14.9 Å². The van der Waals surface area contributed by atoms with Crippen molar-refractivity contribution in [3.63, 3.8) is 0 Å². The second-order valence-corrected chi connectivity index (χ2v) is 8.35. The molecule has 4 aromatic rings. The molecule has 1 fully saturated rings. The van der Waals surface area contributed by atoms with Crippen LogP contribution in [0, 0.1) is 0 Å². The van der Waals surface area contributed by atoms with Gasteiger partial charge in [-0.3, -0.25) is 4.79 Å². The Morgan fingerprint density at radius 3 is 2.32 bits per heavy atom. The first kappa shape index (κ1) is 21.5. The van der Waals surface area contributed by atoms with Gasteiger partial charge in [-0.25, -0.2) is 4.79 Å². The maximum atomic E-state index is 13.3. The SMILES string of the molecule is COc1ccc([C@@]2(C)NC(=O)N(/N=C\c3c(-c4ccccc4)n(C)c4ccccc34)C2=O)cc1. The fraction of sp³-hybridized carbons (Fsp3) is 0.148. The number of amides is 3. The zero-order chi connectivity index (χ0) is 23.9. The van der Waals surface area contributed by atoms with Crippen LogP contribution in [0.5, 0.6) is 5.75 Å². The Morgan fingerprint density at radius 1 is 0.941 bits per heavy atom. The van der Waals surface area contributed by atoms with E-state index in [0.29, 0.717) is 11.3 Å². The summed E-state index contributed by atoms with van der Waals surface area (Å²) in [7, 11) is 3.57. The van der Waals surface area contributed by atoms with Gasteiger partial charge in [0.2, 0.25) is 0 Å². The van der Waals surface area contributed by atoms with Crippen LogP contribution in [0.1, 0.15) is 18.1 Å². The monoisotopic (exact) mass is 452 g/mol. The quantitative estimate of drug-likeness (QED) is 0.354. The lowest BCUT2D eigenvalue weighted by Gasteiger charge is -2.21. The van der Waals surface area contributed by atoms with Crippen molar-refractivity contribution >= 4 is 29.1 Å². The number of imide groups is 1. The predicted octanol–water partition coefficient (Wildman–Crippen LogP) is 4.66. The number of fused-ring (bicyclic) bond motifs is 1. The summed E-state index contributed by atoms with van der Waals surface area (Å²) in [5, 5.41) is 9.04. The predicted molar refractivity (Wildman–Crippen MR) is 132 cm³/mol. The Balaban J connectivity index is 1.55. The summed E-state index contributed by atoms with van der Waals surface area (Å²) in [6.07, 6.45) is 1.60. The molecule has 0 radical (unpaired) electrons. The van der Waals surface area contributed by atoms with Gasteiger partial charge in [0.25, 0.3) is 5.91 Å². The molecule has 0 saturated carbocycles. The molecule has 34 heavy (non-hydrogen) atoms. The Hall–Kier alpha value is -4.39.